The second-order valence-corrected chi connectivity index (χ2v) is 6.26. The van der Waals surface area contributed by atoms with E-state index in [0.29, 0.717) is 22.1 Å². The lowest BCUT2D eigenvalue weighted by molar-refractivity contribution is -0.115. The third-order valence-corrected chi connectivity index (χ3v) is 4.39. The molecule has 27 heavy (non-hydrogen) atoms. The molecule has 5 nitrogen and oxygen atoms in total. The summed E-state index contributed by atoms with van der Waals surface area (Å²) in [5.74, 6) is -0.594. The van der Waals surface area contributed by atoms with Crippen molar-refractivity contribution < 1.29 is 4.79 Å². The smallest absolute Gasteiger partial charge is 0.246 e. The number of benzene rings is 2. The number of H-pyrrole nitrogens is 1. The summed E-state index contributed by atoms with van der Waals surface area (Å²) in [4.78, 5) is 17.3. The lowest BCUT2D eigenvalue weighted by Gasteiger charge is -2.22. The highest BCUT2D eigenvalue weighted by molar-refractivity contribution is 6.32. The maximum atomic E-state index is 12.7. The fourth-order valence-electron chi connectivity index (χ4n) is 2.77. The van der Waals surface area contributed by atoms with Gasteiger partial charge in [0.15, 0.2) is 0 Å². The van der Waals surface area contributed by atoms with E-state index in [-0.39, 0.29) is 17.4 Å². The number of aromatic amines is 1. The number of hydrogen-bond acceptors (Lipinski definition) is 3. The van der Waals surface area contributed by atoms with E-state index in [1.807, 2.05) is 36.4 Å². The molecule has 0 aliphatic heterocycles. The number of carbonyl (C=O) groups is 1. The van der Waals surface area contributed by atoms with Crippen molar-refractivity contribution in [2.75, 3.05) is 10.8 Å². The van der Waals surface area contributed by atoms with Crippen LogP contribution in [0.1, 0.15) is 5.69 Å². The molecule has 1 amide bonds. The average Bonchev–Trinajstić information content (AvgIpc) is 3.05. The van der Waals surface area contributed by atoms with Crippen molar-refractivity contribution in [3.63, 3.8) is 0 Å². The Labute approximate surface area is 165 Å². The summed E-state index contributed by atoms with van der Waals surface area (Å²) in [6, 6.07) is 17.8. The van der Waals surface area contributed by atoms with E-state index < -0.39 is 0 Å². The zero-order valence-electron chi connectivity index (χ0n) is 13.9. The molecular weight excluding hydrogens is 383 g/mol. The predicted molar refractivity (Wildman–Crippen MR) is 107 cm³/mol. The molecule has 0 aliphatic carbocycles. The number of hydrogen-bond donors (Lipinski definition) is 1. The number of aromatic nitrogens is 1. The minimum absolute atomic E-state index is 0.0859. The number of halogens is 2. The molecule has 0 unspecified atom stereocenters. The van der Waals surface area contributed by atoms with Crippen LogP contribution in [0.3, 0.4) is 0 Å². The summed E-state index contributed by atoms with van der Waals surface area (Å²) in [6.07, 6.45) is 1.42. The number of fused-ring (bicyclic) bond motifs is 1. The first-order valence-corrected chi connectivity index (χ1v) is 8.77. The van der Waals surface area contributed by atoms with Gasteiger partial charge in [0.1, 0.15) is 23.6 Å². The number of para-hydroxylation sites is 1. The van der Waals surface area contributed by atoms with Crippen LogP contribution in [0.4, 0.5) is 11.4 Å². The van der Waals surface area contributed by atoms with Gasteiger partial charge in [-0.25, -0.2) is 0 Å². The van der Waals surface area contributed by atoms with Gasteiger partial charge < -0.3 is 4.98 Å². The Kier molecular flexibility index (Phi) is 5.47. The van der Waals surface area contributed by atoms with Crippen molar-refractivity contribution in [3.05, 3.63) is 64.8 Å². The van der Waals surface area contributed by atoms with E-state index in [1.165, 1.54) is 11.0 Å². The normalized spacial score (nSPS) is 10.1. The van der Waals surface area contributed by atoms with Crippen LogP contribution in [0.5, 0.6) is 0 Å². The minimum atomic E-state index is -0.353. The number of rotatable bonds is 4. The second kappa shape index (κ2) is 7.97. The Bertz CT molecular complexity index is 1100. The third-order valence-electron chi connectivity index (χ3n) is 3.91. The molecule has 0 radical (unpaired) electrons. The number of nitrogens with zero attached hydrogens (tertiary/aromatic N) is 3. The van der Waals surface area contributed by atoms with Crippen LogP contribution in [0.2, 0.25) is 5.02 Å². The molecule has 7 heteroatoms. The van der Waals surface area contributed by atoms with Gasteiger partial charge in [0.2, 0.25) is 5.91 Å². The first-order valence-electron chi connectivity index (χ1n) is 7.86. The summed E-state index contributed by atoms with van der Waals surface area (Å²) in [7, 11) is 0. The van der Waals surface area contributed by atoms with E-state index in [1.54, 1.807) is 24.3 Å². The van der Waals surface area contributed by atoms with Gasteiger partial charge in [0.05, 0.1) is 11.4 Å². The standard InChI is InChI=1S/C20H12Cl2N4O/c21-10-19(27)26(15-7-5-14(22)6-8-15)20-16-3-1-2-4-17(16)25-18(20)9-13(11-23)12-24/h1-9,25H,10H2. The molecule has 1 N–H and O–H groups in total. The average molecular weight is 395 g/mol. The van der Waals surface area contributed by atoms with Crippen LogP contribution in [0.15, 0.2) is 54.1 Å². The van der Waals surface area contributed by atoms with E-state index in [2.05, 4.69) is 4.98 Å². The summed E-state index contributed by atoms with van der Waals surface area (Å²) in [5, 5.41) is 19.5. The van der Waals surface area contributed by atoms with Gasteiger partial charge in [-0.3, -0.25) is 9.69 Å². The molecule has 0 saturated carbocycles. The zero-order chi connectivity index (χ0) is 19.4. The van der Waals surface area contributed by atoms with Crippen LogP contribution in [-0.4, -0.2) is 16.8 Å². The summed E-state index contributed by atoms with van der Waals surface area (Å²) in [6.45, 7) is 0. The summed E-state index contributed by atoms with van der Waals surface area (Å²) >= 11 is 11.8. The molecule has 0 bridgehead atoms. The van der Waals surface area contributed by atoms with Crippen LogP contribution in [-0.2, 0) is 4.79 Å². The molecule has 0 saturated heterocycles. The zero-order valence-corrected chi connectivity index (χ0v) is 15.4. The molecule has 0 aliphatic rings. The van der Waals surface area contributed by atoms with Crippen molar-refractivity contribution >= 4 is 57.5 Å². The maximum absolute atomic E-state index is 12.7. The number of anilines is 2. The van der Waals surface area contributed by atoms with E-state index in [4.69, 9.17) is 33.7 Å². The monoisotopic (exact) mass is 394 g/mol. The van der Waals surface area contributed by atoms with Crippen molar-refractivity contribution in [1.29, 1.82) is 10.5 Å². The van der Waals surface area contributed by atoms with Gasteiger partial charge in [-0.2, -0.15) is 10.5 Å². The summed E-state index contributed by atoms with van der Waals surface area (Å²) in [5.41, 5.74) is 2.22. The molecule has 1 aromatic heterocycles. The molecule has 3 aromatic rings. The molecular formula is C20H12Cl2N4O. The highest BCUT2D eigenvalue weighted by Crippen LogP contribution is 2.37. The highest BCUT2D eigenvalue weighted by Gasteiger charge is 2.24. The molecule has 132 valence electrons. The van der Waals surface area contributed by atoms with Crippen LogP contribution in [0, 0.1) is 22.7 Å². The van der Waals surface area contributed by atoms with Gasteiger partial charge in [-0.1, -0.05) is 29.8 Å². The second-order valence-electron chi connectivity index (χ2n) is 5.55. The quantitative estimate of drug-likeness (QED) is 0.490. The number of carbonyl (C=O) groups excluding carboxylic acids is 1. The SMILES string of the molecule is N#CC(C#N)=Cc1[nH]c2ccccc2c1N(C(=O)CCl)c1ccc(Cl)cc1. The topological polar surface area (TPSA) is 83.7 Å². The largest absolute Gasteiger partial charge is 0.353 e. The fourth-order valence-corrected chi connectivity index (χ4v) is 3.02. The Morgan fingerprint density at radius 2 is 1.78 bits per heavy atom. The Balaban J connectivity index is 2.33. The van der Waals surface area contributed by atoms with Gasteiger partial charge >= 0.3 is 0 Å². The van der Waals surface area contributed by atoms with Gasteiger partial charge in [-0.05, 0) is 36.4 Å². The van der Waals surface area contributed by atoms with Crippen molar-refractivity contribution in [2.24, 2.45) is 0 Å². The van der Waals surface area contributed by atoms with Gasteiger partial charge in [-0.15, -0.1) is 11.6 Å². The van der Waals surface area contributed by atoms with E-state index in [0.717, 1.165) is 10.9 Å². The van der Waals surface area contributed by atoms with Crippen LogP contribution < -0.4 is 4.90 Å². The van der Waals surface area contributed by atoms with Gasteiger partial charge in [0, 0.05) is 21.6 Å². The first kappa shape index (κ1) is 18.5. The number of alkyl halides is 1. The highest BCUT2D eigenvalue weighted by atomic mass is 35.5. The number of allylic oxidation sites excluding steroid dienone is 1. The van der Waals surface area contributed by atoms with Crippen LogP contribution in [0.25, 0.3) is 17.0 Å². The lowest BCUT2D eigenvalue weighted by atomic mass is 10.1. The molecule has 1 heterocycles. The van der Waals surface area contributed by atoms with Gasteiger partial charge in [0.25, 0.3) is 0 Å². The Morgan fingerprint density at radius 1 is 1.11 bits per heavy atom. The Morgan fingerprint density at radius 3 is 2.41 bits per heavy atom. The molecule has 0 spiro atoms. The van der Waals surface area contributed by atoms with E-state index in [9.17, 15) is 4.79 Å². The minimum Gasteiger partial charge on any atom is -0.353 e. The summed E-state index contributed by atoms with van der Waals surface area (Å²) < 4.78 is 0. The maximum Gasteiger partial charge on any atom is 0.246 e. The van der Waals surface area contributed by atoms with Crippen molar-refractivity contribution in [2.45, 2.75) is 0 Å². The fraction of sp³-hybridized carbons (Fsp3) is 0.0500. The Hall–Kier alpha value is -3.25. The van der Waals surface area contributed by atoms with Crippen molar-refractivity contribution in [3.8, 4) is 12.1 Å². The lowest BCUT2D eigenvalue weighted by Crippen LogP contribution is -2.27. The van der Waals surface area contributed by atoms with E-state index >= 15 is 0 Å². The molecule has 0 atom stereocenters. The number of nitrogens with one attached hydrogen (secondary N) is 1. The predicted octanol–water partition coefficient (Wildman–Crippen LogP) is 5.16. The van der Waals surface area contributed by atoms with Crippen LogP contribution >= 0.6 is 23.2 Å². The number of nitriles is 2. The molecule has 2 aromatic carbocycles. The third kappa shape index (κ3) is 3.66. The molecule has 0 fully saturated rings. The number of amides is 1. The molecule has 3 rings (SSSR count). The van der Waals surface area contributed by atoms with Crippen molar-refractivity contribution in [1.82, 2.24) is 4.98 Å². The first-order chi connectivity index (χ1) is 13.1.